The van der Waals surface area contributed by atoms with Gasteiger partial charge in [0.1, 0.15) is 0 Å². The van der Waals surface area contributed by atoms with Crippen LogP contribution in [0, 0.1) is 5.41 Å². The first-order valence-electron chi connectivity index (χ1n) is 9.60. The Morgan fingerprint density at radius 1 is 1.26 bits per heavy atom. The molecule has 0 aromatic carbocycles. The molecule has 3 aliphatic carbocycles. The van der Waals surface area contributed by atoms with Gasteiger partial charge in [0.15, 0.2) is 5.96 Å². The summed E-state index contributed by atoms with van der Waals surface area (Å²) in [6.07, 6.45) is 9.63. The summed E-state index contributed by atoms with van der Waals surface area (Å²) < 4.78 is 5.95. The van der Waals surface area contributed by atoms with Crippen molar-refractivity contribution in [3.05, 3.63) is 0 Å². The zero-order chi connectivity index (χ0) is 15.9. The molecular formula is C18H32N4O. The number of hydrogen-bond donors (Lipinski definition) is 2. The third kappa shape index (κ3) is 2.86. The van der Waals surface area contributed by atoms with Gasteiger partial charge in [0, 0.05) is 50.3 Å². The van der Waals surface area contributed by atoms with Crippen LogP contribution in [0.15, 0.2) is 4.99 Å². The molecule has 4 rings (SSSR count). The van der Waals surface area contributed by atoms with Gasteiger partial charge < -0.3 is 15.4 Å². The molecule has 3 saturated carbocycles. The quantitative estimate of drug-likeness (QED) is 0.598. The van der Waals surface area contributed by atoms with E-state index in [0.717, 1.165) is 25.0 Å². The first-order valence-corrected chi connectivity index (χ1v) is 9.60. The molecule has 5 heteroatoms. The number of rotatable bonds is 5. The van der Waals surface area contributed by atoms with Crippen molar-refractivity contribution < 1.29 is 4.74 Å². The Labute approximate surface area is 140 Å². The summed E-state index contributed by atoms with van der Waals surface area (Å²) in [5.74, 6) is 0.999. The highest BCUT2D eigenvalue weighted by molar-refractivity contribution is 5.80. The van der Waals surface area contributed by atoms with Gasteiger partial charge in [0.05, 0.1) is 6.10 Å². The number of nitrogens with one attached hydrogen (secondary N) is 2. The molecule has 23 heavy (non-hydrogen) atoms. The molecule has 1 spiro atoms. The Hall–Kier alpha value is -0.810. The minimum atomic E-state index is 0.392. The molecule has 0 aromatic heterocycles. The van der Waals surface area contributed by atoms with E-state index in [1.807, 2.05) is 7.05 Å². The van der Waals surface area contributed by atoms with Crippen LogP contribution in [0.5, 0.6) is 0 Å². The van der Waals surface area contributed by atoms with Gasteiger partial charge in [-0.3, -0.25) is 9.89 Å². The largest absolute Gasteiger partial charge is 0.378 e. The predicted molar refractivity (Wildman–Crippen MR) is 92.7 cm³/mol. The van der Waals surface area contributed by atoms with Gasteiger partial charge in [-0.25, -0.2) is 0 Å². The van der Waals surface area contributed by atoms with Crippen LogP contribution < -0.4 is 10.6 Å². The van der Waals surface area contributed by atoms with Crippen molar-refractivity contribution in [3.63, 3.8) is 0 Å². The molecule has 1 heterocycles. The summed E-state index contributed by atoms with van der Waals surface area (Å²) in [6.45, 7) is 5.38. The number of likely N-dealkylation sites (tertiary alicyclic amines) is 1. The number of nitrogens with zero attached hydrogens (tertiary/aromatic N) is 2. The van der Waals surface area contributed by atoms with Crippen LogP contribution in [-0.4, -0.2) is 61.8 Å². The Bertz CT molecular complexity index is 458. The predicted octanol–water partition coefficient (Wildman–Crippen LogP) is 1.74. The van der Waals surface area contributed by atoms with Crippen LogP contribution in [-0.2, 0) is 4.74 Å². The molecule has 1 aliphatic heterocycles. The molecule has 4 fully saturated rings. The van der Waals surface area contributed by atoms with Crippen LogP contribution in [0.4, 0.5) is 0 Å². The lowest BCUT2D eigenvalue weighted by atomic mass is 9.51. The minimum Gasteiger partial charge on any atom is -0.378 e. The molecule has 5 nitrogen and oxygen atoms in total. The zero-order valence-corrected chi connectivity index (χ0v) is 14.7. The Kier molecular flexibility index (Phi) is 4.26. The van der Waals surface area contributed by atoms with E-state index in [2.05, 4.69) is 27.4 Å². The van der Waals surface area contributed by atoms with Gasteiger partial charge in [0.2, 0.25) is 0 Å². The topological polar surface area (TPSA) is 48.9 Å². The molecule has 0 aromatic rings. The van der Waals surface area contributed by atoms with Crippen LogP contribution in [0.1, 0.15) is 51.9 Å². The number of aliphatic imine (C=N–C) groups is 1. The molecule has 4 aliphatic rings. The third-order valence-electron chi connectivity index (χ3n) is 6.60. The van der Waals surface area contributed by atoms with Gasteiger partial charge in [0.25, 0.3) is 0 Å². The van der Waals surface area contributed by atoms with Gasteiger partial charge >= 0.3 is 0 Å². The molecule has 0 amide bonds. The summed E-state index contributed by atoms with van der Waals surface area (Å²) in [5.41, 5.74) is 0.392. The van der Waals surface area contributed by atoms with E-state index in [-0.39, 0.29) is 0 Å². The normalized spacial score (nSPS) is 36.6. The third-order valence-corrected chi connectivity index (χ3v) is 6.60. The molecule has 3 atom stereocenters. The van der Waals surface area contributed by atoms with Crippen LogP contribution >= 0.6 is 0 Å². The van der Waals surface area contributed by atoms with E-state index in [1.165, 1.54) is 51.6 Å². The monoisotopic (exact) mass is 320 g/mol. The molecule has 0 radical (unpaired) electrons. The van der Waals surface area contributed by atoms with Crippen LogP contribution in [0.2, 0.25) is 0 Å². The second-order valence-corrected chi connectivity index (χ2v) is 7.89. The lowest BCUT2D eigenvalue weighted by Crippen LogP contribution is -2.69. The molecule has 0 bridgehead atoms. The fourth-order valence-electron chi connectivity index (χ4n) is 4.85. The van der Waals surface area contributed by atoms with E-state index in [4.69, 9.17) is 4.74 Å². The Morgan fingerprint density at radius 3 is 2.70 bits per heavy atom. The van der Waals surface area contributed by atoms with E-state index < -0.39 is 0 Å². The second kappa shape index (κ2) is 6.25. The van der Waals surface area contributed by atoms with Crippen molar-refractivity contribution in [3.8, 4) is 0 Å². The summed E-state index contributed by atoms with van der Waals surface area (Å²) >= 11 is 0. The van der Waals surface area contributed by atoms with Crippen molar-refractivity contribution in [2.45, 2.75) is 76.1 Å². The van der Waals surface area contributed by atoms with Crippen molar-refractivity contribution in [1.82, 2.24) is 15.5 Å². The number of guanidine groups is 1. The van der Waals surface area contributed by atoms with Crippen LogP contribution in [0.25, 0.3) is 0 Å². The standard InChI is InChI=1S/C18H32N4O/c1-3-23-16-11-15(18(16)8-4-9-18)21-17(19-2)20-13-7-10-22(12-13)14-5-6-14/h13-16H,3-12H2,1-2H3,(H2,19,20,21). The molecule has 130 valence electrons. The van der Waals surface area contributed by atoms with E-state index in [0.29, 0.717) is 23.6 Å². The number of hydrogen-bond acceptors (Lipinski definition) is 3. The average Bonchev–Trinajstić information content (AvgIpc) is 3.23. The fourth-order valence-corrected chi connectivity index (χ4v) is 4.85. The van der Waals surface area contributed by atoms with Gasteiger partial charge in [-0.1, -0.05) is 6.42 Å². The lowest BCUT2D eigenvalue weighted by Gasteiger charge is -2.61. The van der Waals surface area contributed by atoms with E-state index in [1.54, 1.807) is 0 Å². The SMILES string of the molecule is CCOC1CC(NC(=NC)NC2CCN(C3CC3)C2)C12CCC2. The Morgan fingerprint density at radius 2 is 2.09 bits per heavy atom. The van der Waals surface area contributed by atoms with Crippen molar-refractivity contribution in [1.29, 1.82) is 0 Å². The molecule has 1 saturated heterocycles. The number of ether oxygens (including phenoxy) is 1. The maximum atomic E-state index is 5.95. The van der Waals surface area contributed by atoms with E-state index in [9.17, 15) is 0 Å². The van der Waals surface area contributed by atoms with Gasteiger partial charge in [-0.2, -0.15) is 0 Å². The Balaban J connectivity index is 1.29. The smallest absolute Gasteiger partial charge is 0.191 e. The maximum Gasteiger partial charge on any atom is 0.191 e. The average molecular weight is 320 g/mol. The maximum absolute atomic E-state index is 5.95. The molecule has 2 N–H and O–H groups in total. The van der Waals surface area contributed by atoms with Crippen molar-refractivity contribution >= 4 is 5.96 Å². The fraction of sp³-hybridized carbons (Fsp3) is 0.944. The highest BCUT2D eigenvalue weighted by Gasteiger charge is 2.59. The molecular weight excluding hydrogens is 288 g/mol. The van der Waals surface area contributed by atoms with Gasteiger partial charge in [-0.05, 0) is 45.4 Å². The van der Waals surface area contributed by atoms with Crippen molar-refractivity contribution in [2.24, 2.45) is 10.4 Å². The first kappa shape index (κ1) is 15.7. The second-order valence-electron chi connectivity index (χ2n) is 7.89. The highest BCUT2D eigenvalue weighted by atomic mass is 16.5. The van der Waals surface area contributed by atoms with Crippen molar-refractivity contribution in [2.75, 3.05) is 26.7 Å². The summed E-state index contributed by atoms with van der Waals surface area (Å²) in [4.78, 5) is 7.13. The minimum absolute atomic E-state index is 0.392. The lowest BCUT2D eigenvalue weighted by molar-refractivity contribution is -0.168. The first-order chi connectivity index (χ1) is 11.2. The highest BCUT2D eigenvalue weighted by Crippen LogP contribution is 2.57. The van der Waals surface area contributed by atoms with Crippen LogP contribution in [0.3, 0.4) is 0 Å². The molecule has 3 unspecified atom stereocenters. The summed E-state index contributed by atoms with van der Waals surface area (Å²) in [5, 5.41) is 7.38. The van der Waals surface area contributed by atoms with Gasteiger partial charge in [-0.15, -0.1) is 0 Å². The summed E-state index contributed by atoms with van der Waals surface area (Å²) in [7, 11) is 1.90. The van der Waals surface area contributed by atoms with E-state index >= 15 is 0 Å². The summed E-state index contributed by atoms with van der Waals surface area (Å²) in [6, 6.07) is 1.98. The zero-order valence-electron chi connectivity index (χ0n) is 14.7.